The number of amides is 4. The Morgan fingerprint density at radius 1 is 0.625 bits per heavy atom. The highest BCUT2D eigenvalue weighted by molar-refractivity contribution is 5.95. The van der Waals surface area contributed by atoms with Crippen LogP contribution in [0.15, 0.2) is 72.8 Å². The molecule has 0 aromatic heterocycles. The topological polar surface area (TPSA) is 155 Å². The smallest absolute Gasteiger partial charge is 0.407 e. The summed E-state index contributed by atoms with van der Waals surface area (Å²) in [5.41, 5.74) is 3.23. The Morgan fingerprint density at radius 2 is 1.03 bits per heavy atom. The predicted molar refractivity (Wildman–Crippen MR) is 241 cm³/mol. The number of ether oxygens (including phenoxy) is 2. The maximum Gasteiger partial charge on any atom is 0.407 e. The number of carbonyl (C=O) groups is 6. The second kappa shape index (κ2) is 19.9. The number of nitrogens with one attached hydrogen (secondary N) is 2. The van der Waals surface area contributed by atoms with Crippen LogP contribution in [0, 0.1) is 16.6 Å². The molecule has 3 aromatic rings. The highest BCUT2D eigenvalue weighted by atomic mass is 19.1. The van der Waals surface area contributed by atoms with Crippen molar-refractivity contribution in [3.05, 3.63) is 101 Å². The molecular weight excluding hydrogens is 818 g/mol. The number of likely N-dealkylation sites (tertiary alicyclic amines) is 2. The van der Waals surface area contributed by atoms with Crippen molar-refractivity contribution in [2.75, 3.05) is 32.2 Å². The molecule has 3 saturated heterocycles. The largest absolute Gasteiger partial charge is 0.453 e. The molecule has 0 bridgehead atoms. The number of halogens is 1. The first kappa shape index (κ1) is 47.7. The van der Waals surface area contributed by atoms with Crippen LogP contribution in [-0.2, 0) is 41.5 Å². The van der Waals surface area contributed by atoms with Crippen LogP contribution in [-0.4, -0.2) is 96.8 Å². The standard InChI is InChI=1S/C50H64FN5O8/c1-49(2,3)43(52-47(61)63-7)45(59)54-26-10-14-39(54)41(57)28-31-16-20-33(21-17-31)37-24-25-38(56(37)36-13-9-12-35(51)30-36)34-22-18-32(19-23-34)29-42(58)40-15-11-27-55(40)46(60)44(50(4,5)6)53-48(62)64-8/h9,12-13,16-23,30,37-40,43-44H,10-11,14-15,24-29H2,1-8H3,(H,52,61)(H,53,62)/t37-,38-,39+,40+,43-,44-/m1/s1. The lowest BCUT2D eigenvalue weighted by molar-refractivity contribution is -0.141. The Bertz CT molecular complexity index is 2050. The van der Waals surface area contributed by atoms with Crippen LogP contribution >= 0.6 is 0 Å². The predicted octanol–water partition coefficient (Wildman–Crippen LogP) is 7.66. The van der Waals surface area contributed by atoms with Gasteiger partial charge in [0.05, 0.1) is 38.4 Å². The number of nitrogens with zero attached hydrogens (tertiary/aromatic N) is 3. The van der Waals surface area contributed by atoms with Crippen molar-refractivity contribution in [3.63, 3.8) is 0 Å². The number of methoxy groups -OCH3 is 2. The van der Waals surface area contributed by atoms with E-state index in [-0.39, 0.29) is 54.1 Å². The third-order valence-corrected chi connectivity index (χ3v) is 12.9. The van der Waals surface area contributed by atoms with E-state index in [2.05, 4.69) is 15.5 Å². The molecule has 3 aliphatic heterocycles. The van der Waals surface area contributed by atoms with Gasteiger partial charge in [0.2, 0.25) is 11.8 Å². The molecule has 0 aliphatic carbocycles. The fourth-order valence-electron chi connectivity index (χ4n) is 9.53. The summed E-state index contributed by atoms with van der Waals surface area (Å²) in [6, 6.07) is 19.4. The maximum atomic E-state index is 14.8. The zero-order chi connectivity index (χ0) is 46.5. The van der Waals surface area contributed by atoms with Crippen LogP contribution in [0.1, 0.15) is 114 Å². The van der Waals surface area contributed by atoms with Crippen molar-refractivity contribution >= 4 is 41.3 Å². The van der Waals surface area contributed by atoms with E-state index in [1.165, 1.54) is 20.3 Å². The molecule has 14 heteroatoms. The minimum Gasteiger partial charge on any atom is -0.453 e. The van der Waals surface area contributed by atoms with E-state index in [9.17, 15) is 33.2 Å². The van der Waals surface area contributed by atoms with E-state index in [0.29, 0.717) is 38.8 Å². The number of carbonyl (C=O) groups excluding carboxylic acids is 6. The van der Waals surface area contributed by atoms with Gasteiger partial charge in [-0.05, 0) is 89.8 Å². The van der Waals surface area contributed by atoms with Crippen molar-refractivity contribution < 1.29 is 42.6 Å². The Hall–Kier alpha value is -5.79. The summed E-state index contributed by atoms with van der Waals surface area (Å²) < 4.78 is 24.4. The third-order valence-electron chi connectivity index (χ3n) is 12.9. The first-order chi connectivity index (χ1) is 30.3. The normalized spacial score (nSPS) is 21.0. The van der Waals surface area contributed by atoms with Crippen LogP contribution in [0.3, 0.4) is 0 Å². The number of Topliss-reactive ketones (excluding diaryl/α,β-unsaturated/α-hetero) is 2. The van der Waals surface area contributed by atoms with E-state index < -0.39 is 47.2 Å². The Morgan fingerprint density at radius 3 is 1.39 bits per heavy atom. The van der Waals surface area contributed by atoms with Crippen LogP contribution in [0.2, 0.25) is 0 Å². The quantitative estimate of drug-likeness (QED) is 0.176. The molecule has 0 spiro atoms. The molecule has 3 fully saturated rings. The van der Waals surface area contributed by atoms with Crippen molar-refractivity contribution in [2.24, 2.45) is 10.8 Å². The van der Waals surface area contributed by atoms with Crippen LogP contribution in [0.5, 0.6) is 0 Å². The molecule has 3 heterocycles. The van der Waals surface area contributed by atoms with Gasteiger partial charge < -0.3 is 34.8 Å². The average molecular weight is 882 g/mol. The molecule has 344 valence electrons. The molecule has 2 N–H and O–H groups in total. The second-order valence-corrected chi connectivity index (χ2v) is 19.5. The minimum atomic E-state index is -0.857. The molecule has 13 nitrogen and oxygen atoms in total. The van der Waals surface area contributed by atoms with Crippen molar-refractivity contribution in [2.45, 2.75) is 129 Å². The molecule has 0 radical (unpaired) electrons. The number of ketones is 2. The summed E-state index contributed by atoms with van der Waals surface area (Å²) in [6.07, 6.45) is 2.96. The molecule has 4 amide bonds. The van der Waals surface area contributed by atoms with E-state index in [1.807, 2.05) is 96.1 Å². The van der Waals surface area contributed by atoms with Gasteiger partial charge in [0, 0.05) is 31.6 Å². The van der Waals surface area contributed by atoms with Gasteiger partial charge in [0.25, 0.3) is 0 Å². The zero-order valence-electron chi connectivity index (χ0n) is 38.4. The second-order valence-electron chi connectivity index (χ2n) is 19.5. The van der Waals surface area contributed by atoms with E-state index in [4.69, 9.17) is 9.47 Å². The fourth-order valence-corrected chi connectivity index (χ4v) is 9.53. The van der Waals surface area contributed by atoms with Crippen LogP contribution in [0.4, 0.5) is 19.7 Å². The summed E-state index contributed by atoms with van der Waals surface area (Å²) in [6.45, 7) is 12.0. The van der Waals surface area contributed by atoms with Crippen molar-refractivity contribution in [3.8, 4) is 0 Å². The Kier molecular flexibility index (Phi) is 14.9. The number of anilines is 1. The van der Waals surface area contributed by atoms with Gasteiger partial charge in [-0.1, -0.05) is 96.1 Å². The fraction of sp³-hybridized carbons (Fsp3) is 0.520. The maximum absolute atomic E-state index is 14.8. The molecular formula is C50H64FN5O8. The first-order valence-corrected chi connectivity index (χ1v) is 22.4. The number of hydrogen-bond acceptors (Lipinski definition) is 9. The average Bonchev–Trinajstić information content (AvgIpc) is 4.05. The number of hydrogen-bond donors (Lipinski definition) is 2. The van der Waals surface area contributed by atoms with Gasteiger partial charge in [-0.25, -0.2) is 14.0 Å². The lowest BCUT2D eigenvalue weighted by Gasteiger charge is -2.35. The summed E-state index contributed by atoms with van der Waals surface area (Å²) >= 11 is 0. The Balaban J connectivity index is 1.14. The zero-order valence-corrected chi connectivity index (χ0v) is 38.4. The van der Waals surface area contributed by atoms with E-state index in [1.54, 1.807) is 21.9 Å². The van der Waals surface area contributed by atoms with Crippen molar-refractivity contribution in [1.29, 1.82) is 0 Å². The molecule has 0 saturated carbocycles. The van der Waals surface area contributed by atoms with Gasteiger partial charge in [0.15, 0.2) is 11.6 Å². The number of benzene rings is 3. The highest BCUT2D eigenvalue weighted by Gasteiger charge is 2.44. The summed E-state index contributed by atoms with van der Waals surface area (Å²) in [5, 5.41) is 5.34. The number of alkyl carbamates (subject to hydrolysis) is 2. The molecule has 64 heavy (non-hydrogen) atoms. The van der Waals surface area contributed by atoms with Gasteiger partial charge in [-0.2, -0.15) is 0 Å². The molecule has 0 unspecified atom stereocenters. The monoisotopic (exact) mass is 881 g/mol. The summed E-state index contributed by atoms with van der Waals surface area (Å²) in [4.78, 5) is 84.8. The van der Waals surface area contributed by atoms with Crippen molar-refractivity contribution in [1.82, 2.24) is 20.4 Å². The third kappa shape index (κ3) is 10.9. The molecule has 3 aromatic carbocycles. The van der Waals surface area contributed by atoms with Crippen LogP contribution in [0.25, 0.3) is 0 Å². The lowest BCUT2D eigenvalue weighted by Crippen LogP contribution is -2.56. The highest BCUT2D eigenvalue weighted by Crippen LogP contribution is 2.47. The molecule has 6 atom stereocenters. The summed E-state index contributed by atoms with van der Waals surface area (Å²) in [7, 11) is 2.50. The Labute approximate surface area is 376 Å². The lowest BCUT2D eigenvalue weighted by atomic mass is 9.85. The van der Waals surface area contributed by atoms with E-state index >= 15 is 0 Å². The van der Waals surface area contributed by atoms with Gasteiger partial charge >= 0.3 is 12.2 Å². The minimum absolute atomic E-state index is 0.0621. The van der Waals surface area contributed by atoms with Crippen LogP contribution < -0.4 is 15.5 Å². The SMILES string of the molecule is COC(=O)N[C@H](C(=O)N1CCC[C@H]1C(=O)Cc1ccc([C@H]2CC[C@H](c3ccc(CC(=O)[C@@H]4CCCN4C(=O)[C@@H](NC(=O)OC)C(C)(C)C)cc3)N2c2cccc(F)c2)cc1)C(C)(C)C. The number of rotatable bonds is 13. The molecule has 3 aliphatic rings. The van der Waals surface area contributed by atoms with Gasteiger partial charge in [0.1, 0.15) is 17.9 Å². The van der Waals surface area contributed by atoms with Gasteiger partial charge in [-0.15, -0.1) is 0 Å². The molecule has 6 rings (SSSR count). The van der Waals surface area contributed by atoms with E-state index in [0.717, 1.165) is 40.8 Å². The first-order valence-electron chi connectivity index (χ1n) is 22.4. The van der Waals surface area contributed by atoms with Gasteiger partial charge in [-0.3, -0.25) is 19.2 Å². The summed E-state index contributed by atoms with van der Waals surface area (Å²) in [5.74, 6) is -1.06.